The molecule has 0 heterocycles. The van der Waals surface area contributed by atoms with Gasteiger partial charge in [-0.05, 0) is 79.2 Å². The average Bonchev–Trinajstić information content (AvgIpc) is 2.95. The minimum atomic E-state index is -0.0473. The maximum Gasteiger partial charge on any atom is 0.247 e. The van der Waals surface area contributed by atoms with Crippen LogP contribution in [0.5, 0.6) is 23.0 Å². The molecule has 0 saturated heterocycles. The number of ether oxygens (including phenoxy) is 4. The Balaban J connectivity index is 1.92. The van der Waals surface area contributed by atoms with Crippen LogP contribution in [0.4, 0.5) is 0 Å². The number of methoxy groups -OCH3 is 4. The molecule has 0 N–H and O–H groups in total. The van der Waals surface area contributed by atoms with Crippen LogP contribution in [0.1, 0.15) is 16.7 Å². The number of benzene rings is 3. The lowest BCUT2D eigenvalue weighted by Gasteiger charge is -2.24. The van der Waals surface area contributed by atoms with Gasteiger partial charge in [0.1, 0.15) is 11.5 Å². The van der Waals surface area contributed by atoms with E-state index in [1.165, 1.54) is 0 Å². The largest absolute Gasteiger partial charge is 0.497 e. The average molecular weight is 519 g/mol. The normalized spacial score (nSPS) is 10.6. The second kappa shape index (κ2) is 14.1. The highest BCUT2D eigenvalue weighted by atomic mass is 16.5. The summed E-state index contributed by atoms with van der Waals surface area (Å²) in [5.74, 6) is 2.84. The van der Waals surface area contributed by atoms with Gasteiger partial charge in [-0.3, -0.25) is 4.79 Å². The number of hydrogen-bond donors (Lipinski definition) is 0. The highest BCUT2D eigenvalue weighted by Crippen LogP contribution is 2.29. The highest BCUT2D eigenvalue weighted by molar-refractivity contribution is 5.99. The number of rotatable bonds is 13. The molecule has 1 amide bonds. The van der Waals surface area contributed by atoms with E-state index in [9.17, 15) is 4.79 Å². The lowest BCUT2D eigenvalue weighted by Crippen LogP contribution is -2.37. The van der Waals surface area contributed by atoms with Crippen LogP contribution in [-0.2, 0) is 11.2 Å². The standard InChI is InChI=1S/C31H38N2O5/c1-32(2)19-20-33(18-17-23-7-16-29(37-5)30(21-23)38-6)31(34)22-28(24-8-12-26(35-3)13-9-24)25-10-14-27(36-4)15-11-25/h7-16,21-22H,17-20H2,1-6H3. The molecule has 0 unspecified atom stereocenters. The Morgan fingerprint density at radius 3 is 1.71 bits per heavy atom. The van der Waals surface area contributed by atoms with E-state index in [0.29, 0.717) is 31.0 Å². The number of likely N-dealkylation sites (N-methyl/N-ethyl adjacent to an activating group) is 1. The fourth-order valence-corrected chi connectivity index (χ4v) is 4.04. The molecule has 202 valence electrons. The maximum atomic E-state index is 13.7. The molecule has 3 aromatic rings. The first-order valence-corrected chi connectivity index (χ1v) is 12.5. The van der Waals surface area contributed by atoms with E-state index in [-0.39, 0.29) is 5.91 Å². The Kier molecular flexibility index (Phi) is 10.6. The van der Waals surface area contributed by atoms with Crippen LogP contribution < -0.4 is 18.9 Å². The van der Waals surface area contributed by atoms with E-state index in [1.54, 1.807) is 34.5 Å². The van der Waals surface area contributed by atoms with Crippen LogP contribution in [0.15, 0.2) is 72.8 Å². The van der Waals surface area contributed by atoms with Crippen LogP contribution in [0.25, 0.3) is 5.57 Å². The van der Waals surface area contributed by atoms with Crippen molar-refractivity contribution >= 4 is 11.5 Å². The summed E-state index contributed by atoms with van der Waals surface area (Å²) in [6.45, 7) is 1.93. The Morgan fingerprint density at radius 2 is 1.24 bits per heavy atom. The van der Waals surface area contributed by atoms with Crippen molar-refractivity contribution in [2.75, 3.05) is 62.2 Å². The molecule has 0 aliphatic heterocycles. The number of hydrogen-bond acceptors (Lipinski definition) is 6. The maximum absolute atomic E-state index is 13.7. The van der Waals surface area contributed by atoms with E-state index >= 15 is 0 Å². The fraction of sp³-hybridized carbons (Fsp3) is 0.323. The Morgan fingerprint density at radius 1 is 0.684 bits per heavy atom. The van der Waals surface area contributed by atoms with E-state index in [2.05, 4.69) is 4.90 Å². The minimum Gasteiger partial charge on any atom is -0.497 e. The quantitative estimate of drug-likeness (QED) is 0.304. The van der Waals surface area contributed by atoms with Crippen molar-refractivity contribution in [1.82, 2.24) is 9.80 Å². The summed E-state index contributed by atoms with van der Waals surface area (Å²) in [6.07, 6.45) is 2.42. The molecule has 0 atom stereocenters. The molecular formula is C31H38N2O5. The Hall–Kier alpha value is -3.97. The van der Waals surface area contributed by atoms with Crippen LogP contribution in [0.3, 0.4) is 0 Å². The minimum absolute atomic E-state index is 0.0473. The molecule has 7 nitrogen and oxygen atoms in total. The first-order chi connectivity index (χ1) is 18.4. The van der Waals surface area contributed by atoms with Gasteiger partial charge >= 0.3 is 0 Å². The van der Waals surface area contributed by atoms with Crippen molar-refractivity contribution in [2.45, 2.75) is 6.42 Å². The van der Waals surface area contributed by atoms with Crippen molar-refractivity contribution in [3.05, 3.63) is 89.5 Å². The summed E-state index contributed by atoms with van der Waals surface area (Å²) in [4.78, 5) is 17.7. The third kappa shape index (κ3) is 7.76. The van der Waals surface area contributed by atoms with Gasteiger partial charge in [-0.2, -0.15) is 0 Å². The first kappa shape index (κ1) is 28.6. The van der Waals surface area contributed by atoms with Gasteiger partial charge in [-0.15, -0.1) is 0 Å². The second-order valence-corrected chi connectivity index (χ2v) is 9.08. The molecule has 3 rings (SSSR count). The van der Waals surface area contributed by atoms with E-state index in [0.717, 1.165) is 40.3 Å². The monoisotopic (exact) mass is 518 g/mol. The van der Waals surface area contributed by atoms with Crippen molar-refractivity contribution < 1.29 is 23.7 Å². The van der Waals surface area contributed by atoms with Gasteiger partial charge in [0.15, 0.2) is 11.5 Å². The zero-order chi connectivity index (χ0) is 27.5. The first-order valence-electron chi connectivity index (χ1n) is 12.5. The van der Waals surface area contributed by atoms with Gasteiger partial charge in [-0.1, -0.05) is 30.3 Å². The van der Waals surface area contributed by atoms with Crippen molar-refractivity contribution in [3.63, 3.8) is 0 Å². The van der Waals surface area contributed by atoms with Crippen molar-refractivity contribution in [3.8, 4) is 23.0 Å². The van der Waals surface area contributed by atoms with Gasteiger partial charge in [0, 0.05) is 25.7 Å². The lowest BCUT2D eigenvalue weighted by atomic mass is 9.97. The van der Waals surface area contributed by atoms with E-state index < -0.39 is 0 Å². The van der Waals surface area contributed by atoms with E-state index in [4.69, 9.17) is 18.9 Å². The summed E-state index contributed by atoms with van der Waals surface area (Å²) >= 11 is 0. The number of amides is 1. The molecule has 0 saturated carbocycles. The molecular weight excluding hydrogens is 480 g/mol. The van der Waals surface area contributed by atoms with Crippen LogP contribution >= 0.6 is 0 Å². The van der Waals surface area contributed by atoms with E-state index in [1.807, 2.05) is 85.7 Å². The molecule has 0 fully saturated rings. The summed E-state index contributed by atoms with van der Waals surface area (Å²) < 4.78 is 21.5. The van der Waals surface area contributed by atoms with Crippen LogP contribution in [0.2, 0.25) is 0 Å². The summed E-state index contributed by atoms with van der Waals surface area (Å²) in [5.41, 5.74) is 3.76. The number of carbonyl (C=O) groups excluding carboxylic acids is 1. The molecule has 0 aliphatic rings. The van der Waals surface area contributed by atoms with Crippen molar-refractivity contribution in [2.24, 2.45) is 0 Å². The zero-order valence-corrected chi connectivity index (χ0v) is 23.2. The SMILES string of the molecule is COc1ccc(C(=CC(=O)N(CCc2ccc(OC)c(OC)c2)CCN(C)C)c2ccc(OC)cc2)cc1. The molecule has 0 spiro atoms. The smallest absolute Gasteiger partial charge is 0.247 e. The molecule has 0 aromatic heterocycles. The van der Waals surface area contributed by atoms with Gasteiger partial charge < -0.3 is 28.7 Å². The third-order valence-corrected chi connectivity index (χ3v) is 6.32. The van der Waals surface area contributed by atoms with Gasteiger partial charge in [0.05, 0.1) is 28.4 Å². The molecule has 0 radical (unpaired) electrons. The highest BCUT2D eigenvalue weighted by Gasteiger charge is 2.16. The lowest BCUT2D eigenvalue weighted by molar-refractivity contribution is -0.126. The molecule has 38 heavy (non-hydrogen) atoms. The fourth-order valence-electron chi connectivity index (χ4n) is 4.04. The molecule has 3 aromatic carbocycles. The van der Waals surface area contributed by atoms with Gasteiger partial charge in [-0.25, -0.2) is 0 Å². The summed E-state index contributed by atoms with van der Waals surface area (Å²) in [7, 11) is 10.5. The Labute approximate surface area is 226 Å². The topological polar surface area (TPSA) is 60.5 Å². The summed E-state index contributed by atoms with van der Waals surface area (Å²) in [5, 5.41) is 0. The Bertz CT molecular complexity index is 1150. The van der Waals surface area contributed by atoms with Crippen molar-refractivity contribution in [1.29, 1.82) is 0 Å². The molecule has 7 heteroatoms. The van der Waals surface area contributed by atoms with Gasteiger partial charge in [0.2, 0.25) is 5.91 Å². The predicted octanol–water partition coefficient (Wildman–Crippen LogP) is 4.79. The molecule has 0 bridgehead atoms. The predicted molar refractivity (Wildman–Crippen MR) is 151 cm³/mol. The number of nitrogens with zero attached hydrogens (tertiary/aromatic N) is 2. The van der Waals surface area contributed by atoms with Crippen LogP contribution in [-0.4, -0.2) is 77.9 Å². The summed E-state index contributed by atoms with van der Waals surface area (Å²) in [6, 6.07) is 21.3. The second-order valence-electron chi connectivity index (χ2n) is 9.08. The van der Waals surface area contributed by atoms with Gasteiger partial charge in [0.25, 0.3) is 0 Å². The molecule has 0 aliphatic carbocycles. The zero-order valence-electron chi connectivity index (χ0n) is 23.2. The number of carbonyl (C=O) groups is 1. The third-order valence-electron chi connectivity index (χ3n) is 6.32. The van der Waals surface area contributed by atoms with Crippen LogP contribution in [0, 0.1) is 0 Å².